The number of nitrogens with zero attached hydrogens (tertiary/aromatic N) is 3. The fraction of sp³-hybridized carbons (Fsp3) is 0.311. The fourth-order valence-electron chi connectivity index (χ4n) is 12.4. The van der Waals surface area contributed by atoms with Gasteiger partial charge in [-0.2, -0.15) is 0 Å². The van der Waals surface area contributed by atoms with E-state index >= 15 is 0 Å². The predicted molar refractivity (Wildman–Crippen MR) is 279 cm³/mol. The van der Waals surface area contributed by atoms with Crippen LogP contribution in [0.4, 0.5) is 45.5 Å². The van der Waals surface area contributed by atoms with Crippen LogP contribution in [0.1, 0.15) is 123 Å². The third-order valence-electron chi connectivity index (χ3n) is 15.8. The molecule has 1 saturated carbocycles. The van der Waals surface area contributed by atoms with E-state index in [1.54, 1.807) is 0 Å². The Labute approximate surface area is 389 Å². The topological polar surface area (TPSA) is 9.72 Å². The average molecular weight is 850 g/mol. The first-order chi connectivity index (χ1) is 31.0. The van der Waals surface area contributed by atoms with Gasteiger partial charge in [-0.15, -0.1) is 0 Å². The maximum atomic E-state index is 2.80. The molecule has 0 radical (unpaired) electrons. The summed E-state index contributed by atoms with van der Waals surface area (Å²) in [5, 5.41) is 0. The largest absolute Gasteiger partial charge is 0.334 e. The summed E-state index contributed by atoms with van der Waals surface area (Å²) in [4.78, 5) is 7.97. The maximum absolute atomic E-state index is 2.80. The Balaban J connectivity index is 1.23. The van der Waals surface area contributed by atoms with Crippen molar-refractivity contribution in [3.63, 3.8) is 0 Å². The Kier molecular flexibility index (Phi) is 9.30. The summed E-state index contributed by atoms with van der Waals surface area (Å²) in [5.41, 5.74) is 20.7. The summed E-state index contributed by atoms with van der Waals surface area (Å²) in [6, 6.07) is 61.4. The lowest BCUT2D eigenvalue weighted by molar-refractivity contribution is 0.215. The van der Waals surface area contributed by atoms with E-state index in [9.17, 15) is 0 Å². The minimum atomic E-state index is -0.226. The first kappa shape index (κ1) is 41.7. The number of benzene rings is 7. The second-order valence-corrected chi connectivity index (χ2v) is 22.8. The Bertz CT molecular complexity index is 2970. The molecule has 4 aliphatic rings. The quantitative estimate of drug-likeness (QED) is 0.163. The van der Waals surface area contributed by atoms with Gasteiger partial charge >= 0.3 is 0 Å². The van der Waals surface area contributed by atoms with Crippen molar-refractivity contribution in [3.8, 4) is 0 Å². The molecule has 0 amide bonds. The van der Waals surface area contributed by atoms with E-state index in [1.165, 1.54) is 103 Å². The maximum Gasteiger partial charge on any atom is 0.252 e. The van der Waals surface area contributed by atoms with Crippen LogP contribution >= 0.6 is 0 Å². The molecule has 0 spiro atoms. The molecule has 0 N–H and O–H groups in total. The van der Waals surface area contributed by atoms with Crippen LogP contribution in [0.5, 0.6) is 0 Å². The number of rotatable bonds is 4. The highest BCUT2D eigenvalue weighted by atomic mass is 15.3. The smallest absolute Gasteiger partial charge is 0.252 e. The van der Waals surface area contributed by atoms with Gasteiger partial charge in [0.1, 0.15) is 0 Å². The summed E-state index contributed by atoms with van der Waals surface area (Å²) in [5.74, 6) is 0. The fourth-order valence-corrected chi connectivity index (χ4v) is 12.4. The molecule has 0 bridgehead atoms. The highest BCUT2D eigenvalue weighted by Crippen LogP contribution is 2.64. The van der Waals surface area contributed by atoms with Gasteiger partial charge < -0.3 is 14.7 Å². The van der Waals surface area contributed by atoms with Crippen LogP contribution in [-0.4, -0.2) is 12.3 Å². The number of fused-ring (bicyclic) bond motifs is 7. The first-order valence-corrected chi connectivity index (χ1v) is 24.2. The van der Waals surface area contributed by atoms with Crippen molar-refractivity contribution in [2.24, 2.45) is 0 Å². The predicted octanol–water partition coefficient (Wildman–Crippen LogP) is 14.4. The van der Waals surface area contributed by atoms with Gasteiger partial charge in [0, 0.05) is 50.9 Å². The van der Waals surface area contributed by atoms with Crippen molar-refractivity contribution < 1.29 is 0 Å². The highest BCUT2D eigenvalue weighted by molar-refractivity contribution is 7.00. The molecule has 0 aromatic heterocycles. The van der Waals surface area contributed by atoms with Gasteiger partial charge in [0.15, 0.2) is 0 Å². The summed E-state index contributed by atoms with van der Waals surface area (Å²) < 4.78 is 0. The molecule has 65 heavy (non-hydrogen) atoms. The third kappa shape index (κ3) is 6.22. The number of anilines is 8. The Hall–Kier alpha value is -6.00. The molecule has 3 aliphatic heterocycles. The van der Waals surface area contributed by atoms with E-state index in [2.05, 4.69) is 242 Å². The zero-order valence-corrected chi connectivity index (χ0v) is 40.3. The van der Waals surface area contributed by atoms with Gasteiger partial charge in [-0.25, -0.2) is 0 Å². The molecule has 3 nitrogen and oxygen atoms in total. The van der Waals surface area contributed by atoms with E-state index in [1.807, 2.05) is 0 Å². The van der Waals surface area contributed by atoms with Crippen LogP contribution in [0.3, 0.4) is 0 Å². The second kappa shape index (κ2) is 14.5. The summed E-state index contributed by atoms with van der Waals surface area (Å²) >= 11 is 0. The van der Waals surface area contributed by atoms with Crippen LogP contribution in [0, 0.1) is 0 Å². The minimum Gasteiger partial charge on any atom is -0.334 e. The minimum absolute atomic E-state index is 0.0103. The zero-order valence-electron chi connectivity index (χ0n) is 40.3. The van der Waals surface area contributed by atoms with Crippen LogP contribution < -0.4 is 31.1 Å². The standard InChI is InChI=1S/C61H64BN3/c1-57(2,3)41-26-28-43(29-27-41)61-37-19-18-36-60(61,10)65(51-24-16-14-22-48(51)61)47-39-54-56-55(40-47)64(46-33-30-42(31-34-46)58(4,5)6)53-35-32-44(59(7,8)9)38-50(53)62(56)49-23-15-17-25-52(49)63(54)45-20-12-11-13-21-45/h11-17,20-35,38-40H,18-19,36-37H2,1-10H3. The Morgan fingerprint density at radius 1 is 0.431 bits per heavy atom. The molecule has 7 aromatic rings. The van der Waals surface area contributed by atoms with Crippen molar-refractivity contribution in [1.82, 2.24) is 0 Å². The molecule has 2 unspecified atom stereocenters. The molecular weight excluding hydrogens is 786 g/mol. The van der Waals surface area contributed by atoms with Gasteiger partial charge in [-0.3, -0.25) is 0 Å². The van der Waals surface area contributed by atoms with E-state index in [-0.39, 0.29) is 33.9 Å². The molecule has 4 heteroatoms. The first-order valence-electron chi connectivity index (χ1n) is 24.2. The highest BCUT2D eigenvalue weighted by Gasteiger charge is 2.61. The molecule has 0 saturated heterocycles. The van der Waals surface area contributed by atoms with Crippen LogP contribution in [-0.2, 0) is 21.7 Å². The summed E-state index contributed by atoms with van der Waals surface area (Å²) in [7, 11) is 0. The van der Waals surface area contributed by atoms with Crippen LogP contribution in [0.2, 0.25) is 0 Å². The third-order valence-corrected chi connectivity index (χ3v) is 15.8. The van der Waals surface area contributed by atoms with Crippen LogP contribution in [0.25, 0.3) is 0 Å². The summed E-state index contributed by atoms with van der Waals surface area (Å²) in [6.07, 6.45) is 4.62. The number of para-hydroxylation sites is 3. The summed E-state index contributed by atoms with van der Waals surface area (Å²) in [6.45, 7) is 23.6. The van der Waals surface area contributed by atoms with E-state index in [0.29, 0.717) is 0 Å². The monoisotopic (exact) mass is 850 g/mol. The molecule has 11 rings (SSSR count). The number of hydrogen-bond acceptors (Lipinski definition) is 3. The van der Waals surface area contributed by atoms with Crippen molar-refractivity contribution in [3.05, 3.63) is 186 Å². The van der Waals surface area contributed by atoms with Crippen LogP contribution in [0.15, 0.2) is 158 Å². The lowest BCUT2D eigenvalue weighted by atomic mass is 9.33. The Morgan fingerprint density at radius 2 is 0.938 bits per heavy atom. The van der Waals surface area contributed by atoms with Gasteiger partial charge in [-0.1, -0.05) is 178 Å². The van der Waals surface area contributed by atoms with Crippen molar-refractivity contribution in [2.75, 3.05) is 14.7 Å². The SMILES string of the molecule is CC(C)(C)c1ccc(N2c3ccc(C(C)(C)C)cc3B3c4ccccc4N(c4ccccc4)c4cc(N5c6ccccc6C6(c7ccc(C(C)(C)C)cc7)CCCCC56C)cc2c43)cc1. The lowest BCUT2D eigenvalue weighted by Gasteiger charge is -2.53. The molecule has 7 aromatic carbocycles. The van der Waals surface area contributed by atoms with E-state index in [0.717, 1.165) is 12.8 Å². The van der Waals surface area contributed by atoms with E-state index in [4.69, 9.17) is 0 Å². The average Bonchev–Trinajstić information content (AvgIpc) is 3.53. The molecule has 1 fully saturated rings. The van der Waals surface area contributed by atoms with Gasteiger partial charge in [0.2, 0.25) is 0 Å². The lowest BCUT2D eigenvalue weighted by Crippen LogP contribution is -2.61. The molecule has 2 atom stereocenters. The van der Waals surface area contributed by atoms with Gasteiger partial charge in [-0.05, 0) is 135 Å². The molecule has 326 valence electrons. The zero-order chi connectivity index (χ0) is 45.3. The Morgan fingerprint density at radius 3 is 1.57 bits per heavy atom. The van der Waals surface area contributed by atoms with Gasteiger partial charge in [0.25, 0.3) is 6.71 Å². The normalized spacial score (nSPS) is 19.9. The second-order valence-electron chi connectivity index (χ2n) is 22.8. The molecule has 3 heterocycles. The number of hydrogen-bond donors (Lipinski definition) is 0. The van der Waals surface area contributed by atoms with Crippen molar-refractivity contribution in [2.45, 2.75) is 122 Å². The van der Waals surface area contributed by atoms with E-state index < -0.39 is 0 Å². The molecule has 1 aliphatic carbocycles. The van der Waals surface area contributed by atoms with Crippen molar-refractivity contribution in [1.29, 1.82) is 0 Å². The van der Waals surface area contributed by atoms with Gasteiger partial charge in [0.05, 0.1) is 5.54 Å². The van der Waals surface area contributed by atoms with Crippen molar-refractivity contribution >= 4 is 68.6 Å². The molecular formula is C61H64BN3.